The first-order valence-corrected chi connectivity index (χ1v) is 6.14. The Kier molecular flexibility index (Phi) is 3.88. The fourth-order valence-electron chi connectivity index (χ4n) is 1.60. The monoisotopic (exact) mass is 273 g/mol. The van der Waals surface area contributed by atoms with Gasteiger partial charge < -0.3 is 10.5 Å². The van der Waals surface area contributed by atoms with Crippen molar-refractivity contribution < 1.29 is 4.74 Å². The Hall–Kier alpha value is -2.25. The normalized spacial score (nSPS) is 9.95. The average Bonchev–Trinajstić information content (AvgIpc) is 2.43. The Morgan fingerprint density at radius 1 is 1.37 bits per heavy atom. The number of nitrogens with zero attached hydrogens (tertiary/aromatic N) is 2. The third-order valence-electron chi connectivity index (χ3n) is 2.63. The second kappa shape index (κ2) is 5.59. The van der Waals surface area contributed by atoms with Gasteiger partial charge in [0.25, 0.3) is 0 Å². The van der Waals surface area contributed by atoms with Crippen molar-refractivity contribution in [2.24, 2.45) is 0 Å². The molecule has 0 fully saturated rings. The van der Waals surface area contributed by atoms with Gasteiger partial charge in [0.2, 0.25) is 5.88 Å². The molecule has 0 spiro atoms. The summed E-state index contributed by atoms with van der Waals surface area (Å²) in [5.74, 6) is 0.956. The largest absolute Gasteiger partial charge is 0.439 e. The number of rotatable bonds is 3. The maximum absolute atomic E-state index is 8.86. The molecule has 1 aromatic heterocycles. The fourth-order valence-corrected chi connectivity index (χ4v) is 1.86. The minimum atomic E-state index is 0.155. The van der Waals surface area contributed by atoms with Crippen LogP contribution >= 0.6 is 11.6 Å². The summed E-state index contributed by atoms with van der Waals surface area (Å²) in [6.07, 6.45) is 0.814. The Morgan fingerprint density at radius 2 is 2.16 bits per heavy atom. The van der Waals surface area contributed by atoms with E-state index in [9.17, 15) is 0 Å². The van der Waals surface area contributed by atoms with Crippen LogP contribution in [0.25, 0.3) is 0 Å². The molecule has 0 bridgehead atoms. The number of nitriles is 1. The van der Waals surface area contributed by atoms with E-state index in [-0.39, 0.29) is 5.69 Å². The van der Waals surface area contributed by atoms with Crippen molar-refractivity contribution >= 4 is 17.3 Å². The van der Waals surface area contributed by atoms with Crippen molar-refractivity contribution in [1.82, 2.24) is 4.98 Å². The molecular weight excluding hydrogens is 262 g/mol. The van der Waals surface area contributed by atoms with Crippen molar-refractivity contribution in [3.8, 4) is 17.7 Å². The summed E-state index contributed by atoms with van der Waals surface area (Å²) in [6, 6.07) is 10.5. The van der Waals surface area contributed by atoms with Crippen molar-refractivity contribution in [3.05, 3.63) is 46.6 Å². The molecule has 0 unspecified atom stereocenters. The highest BCUT2D eigenvalue weighted by atomic mass is 35.5. The number of aryl methyl sites for hydroxylation is 1. The van der Waals surface area contributed by atoms with Crippen LogP contribution in [0, 0.1) is 11.3 Å². The molecule has 0 atom stereocenters. The SMILES string of the molecule is CCc1cc(Oc2ccc(N)c(C#N)n2)ccc1Cl. The Bertz CT molecular complexity index is 650. The van der Waals surface area contributed by atoms with Gasteiger partial charge in [0.1, 0.15) is 11.8 Å². The molecule has 2 rings (SSSR count). The zero-order valence-electron chi connectivity index (χ0n) is 10.4. The van der Waals surface area contributed by atoms with Crippen LogP contribution in [0.2, 0.25) is 5.02 Å². The summed E-state index contributed by atoms with van der Waals surface area (Å²) in [5, 5.41) is 9.57. The van der Waals surface area contributed by atoms with E-state index in [4.69, 9.17) is 27.3 Å². The lowest BCUT2D eigenvalue weighted by molar-refractivity contribution is 0.462. The van der Waals surface area contributed by atoms with E-state index in [1.807, 2.05) is 19.1 Å². The van der Waals surface area contributed by atoms with E-state index in [0.717, 1.165) is 12.0 Å². The van der Waals surface area contributed by atoms with Crippen LogP contribution in [0.15, 0.2) is 30.3 Å². The van der Waals surface area contributed by atoms with Crippen molar-refractivity contribution in [1.29, 1.82) is 5.26 Å². The lowest BCUT2D eigenvalue weighted by atomic mass is 10.1. The van der Waals surface area contributed by atoms with Gasteiger partial charge >= 0.3 is 0 Å². The van der Waals surface area contributed by atoms with E-state index < -0.39 is 0 Å². The Labute approximate surface area is 116 Å². The molecule has 2 N–H and O–H groups in total. The first kappa shape index (κ1) is 13.2. The third kappa shape index (κ3) is 2.95. The summed E-state index contributed by atoms with van der Waals surface area (Å²) in [7, 11) is 0. The molecule has 5 heteroatoms. The summed E-state index contributed by atoms with van der Waals surface area (Å²) >= 11 is 6.04. The number of pyridine rings is 1. The van der Waals surface area contributed by atoms with Crippen LogP contribution < -0.4 is 10.5 Å². The van der Waals surface area contributed by atoms with Crippen molar-refractivity contribution in [2.45, 2.75) is 13.3 Å². The Balaban J connectivity index is 2.29. The number of ether oxygens (including phenoxy) is 1. The number of aromatic nitrogens is 1. The second-order valence-electron chi connectivity index (χ2n) is 3.91. The highest BCUT2D eigenvalue weighted by Crippen LogP contribution is 2.26. The van der Waals surface area contributed by atoms with Gasteiger partial charge in [-0.1, -0.05) is 18.5 Å². The molecule has 0 amide bonds. The molecule has 0 aliphatic rings. The molecule has 1 aromatic carbocycles. The minimum Gasteiger partial charge on any atom is -0.439 e. The Morgan fingerprint density at radius 3 is 2.84 bits per heavy atom. The van der Waals surface area contributed by atoms with Crippen LogP contribution in [0.4, 0.5) is 5.69 Å². The van der Waals surface area contributed by atoms with Gasteiger partial charge in [0.15, 0.2) is 5.69 Å². The first-order chi connectivity index (χ1) is 9.13. The number of hydrogen-bond donors (Lipinski definition) is 1. The van der Waals surface area contributed by atoms with Crippen molar-refractivity contribution in [2.75, 3.05) is 5.73 Å². The third-order valence-corrected chi connectivity index (χ3v) is 3.00. The van der Waals surface area contributed by atoms with Crippen LogP contribution in [-0.4, -0.2) is 4.98 Å². The van der Waals surface area contributed by atoms with Crippen LogP contribution in [0.3, 0.4) is 0 Å². The van der Waals surface area contributed by atoms with Crippen LogP contribution in [0.1, 0.15) is 18.2 Å². The standard InChI is InChI=1S/C14H12ClN3O/c1-2-9-7-10(3-4-11(9)15)19-14-6-5-12(17)13(8-16)18-14/h3-7H,2,17H2,1H3. The van der Waals surface area contributed by atoms with E-state index in [1.54, 1.807) is 24.3 Å². The molecule has 2 aromatic rings. The predicted molar refractivity (Wildman–Crippen MR) is 74.3 cm³/mol. The number of hydrogen-bond acceptors (Lipinski definition) is 4. The molecule has 1 heterocycles. The second-order valence-corrected chi connectivity index (χ2v) is 4.32. The molecule has 4 nitrogen and oxygen atoms in total. The van der Waals surface area contributed by atoms with Gasteiger partial charge in [-0.05, 0) is 36.2 Å². The maximum Gasteiger partial charge on any atom is 0.220 e. The summed E-state index contributed by atoms with van der Waals surface area (Å²) in [4.78, 5) is 4.02. The number of nitrogens with two attached hydrogens (primary N) is 1. The van der Waals surface area contributed by atoms with E-state index >= 15 is 0 Å². The smallest absolute Gasteiger partial charge is 0.220 e. The van der Waals surface area contributed by atoms with E-state index in [1.165, 1.54) is 0 Å². The van der Waals surface area contributed by atoms with E-state index in [2.05, 4.69) is 4.98 Å². The summed E-state index contributed by atoms with van der Waals surface area (Å²) in [6.45, 7) is 2.01. The average molecular weight is 274 g/mol. The lowest BCUT2D eigenvalue weighted by Crippen LogP contribution is -1.96. The van der Waals surface area contributed by atoms with Gasteiger partial charge in [-0.2, -0.15) is 5.26 Å². The highest BCUT2D eigenvalue weighted by Gasteiger charge is 2.06. The number of benzene rings is 1. The molecule has 96 valence electrons. The molecule has 0 aliphatic carbocycles. The number of nitrogen functional groups attached to an aromatic ring is 1. The van der Waals surface area contributed by atoms with Gasteiger partial charge in [-0.25, -0.2) is 4.98 Å². The van der Waals surface area contributed by atoms with Crippen LogP contribution in [0.5, 0.6) is 11.6 Å². The molecule has 19 heavy (non-hydrogen) atoms. The minimum absolute atomic E-state index is 0.155. The number of halogens is 1. The first-order valence-electron chi connectivity index (χ1n) is 5.77. The molecule has 0 saturated carbocycles. The number of anilines is 1. The molecule has 0 saturated heterocycles. The van der Waals surface area contributed by atoms with Crippen LogP contribution in [-0.2, 0) is 6.42 Å². The summed E-state index contributed by atoms with van der Waals surface area (Å²) < 4.78 is 5.60. The molecule has 0 radical (unpaired) electrons. The zero-order valence-corrected chi connectivity index (χ0v) is 11.1. The van der Waals surface area contributed by atoms with Crippen molar-refractivity contribution in [3.63, 3.8) is 0 Å². The van der Waals surface area contributed by atoms with Gasteiger partial charge in [0, 0.05) is 11.1 Å². The van der Waals surface area contributed by atoms with Gasteiger partial charge in [-0.3, -0.25) is 0 Å². The quantitative estimate of drug-likeness (QED) is 0.928. The zero-order chi connectivity index (χ0) is 13.8. The molecule has 0 aliphatic heterocycles. The maximum atomic E-state index is 8.86. The predicted octanol–water partition coefficient (Wildman–Crippen LogP) is 3.54. The lowest BCUT2D eigenvalue weighted by Gasteiger charge is -2.08. The summed E-state index contributed by atoms with van der Waals surface area (Å²) in [5.41, 5.74) is 7.08. The van der Waals surface area contributed by atoms with Gasteiger partial charge in [0.05, 0.1) is 5.69 Å². The highest BCUT2D eigenvalue weighted by molar-refractivity contribution is 6.31. The van der Waals surface area contributed by atoms with E-state index in [0.29, 0.717) is 22.3 Å². The van der Waals surface area contributed by atoms with Gasteiger partial charge in [-0.15, -0.1) is 0 Å². The fraction of sp³-hybridized carbons (Fsp3) is 0.143. The topological polar surface area (TPSA) is 71.9 Å². The molecular formula is C14H12ClN3O.